The Morgan fingerprint density at radius 3 is 2.00 bits per heavy atom. The summed E-state index contributed by atoms with van der Waals surface area (Å²) in [7, 11) is 0. The van der Waals surface area contributed by atoms with Crippen molar-refractivity contribution in [3.63, 3.8) is 0 Å². The van der Waals surface area contributed by atoms with E-state index in [4.69, 9.17) is 0 Å². The number of carbonyl (C=O) groups is 1. The second-order valence-corrected chi connectivity index (χ2v) is 5.86. The van der Waals surface area contributed by atoms with Crippen LogP contribution in [0.5, 0.6) is 0 Å². The third-order valence-corrected chi connectivity index (χ3v) is 3.96. The second kappa shape index (κ2) is 8.78. The number of hydrogen-bond donors (Lipinski definition) is 2. The van der Waals surface area contributed by atoms with Crippen molar-refractivity contribution in [2.45, 2.75) is 12.5 Å². The Hall–Kier alpha value is -3.18. The number of nitrogens with zero attached hydrogens (tertiary/aromatic N) is 2. The van der Waals surface area contributed by atoms with E-state index < -0.39 is 6.04 Å². The number of hydrogen-bond acceptors (Lipinski definition) is 3. The van der Waals surface area contributed by atoms with E-state index in [2.05, 4.69) is 10.3 Å². The van der Waals surface area contributed by atoms with Gasteiger partial charge in [-0.15, -0.1) is 0 Å². The van der Waals surface area contributed by atoms with Gasteiger partial charge in [-0.1, -0.05) is 42.5 Å². The molecular formula is C21H21N3O2. The number of carbonyl (C=O) groups excluding carboxylic acids is 1. The van der Waals surface area contributed by atoms with Gasteiger partial charge in [-0.2, -0.15) is 0 Å². The van der Waals surface area contributed by atoms with Gasteiger partial charge in [0, 0.05) is 18.3 Å². The Balaban J connectivity index is 1.81. The fourth-order valence-electron chi connectivity index (χ4n) is 2.71. The van der Waals surface area contributed by atoms with Crippen molar-refractivity contribution in [3.8, 4) is 0 Å². The number of aliphatic hydroxyl groups is 1. The van der Waals surface area contributed by atoms with E-state index >= 15 is 0 Å². The Bertz CT molecular complexity index is 771. The molecule has 1 aromatic heterocycles. The first kappa shape index (κ1) is 17.6. The third kappa shape index (κ3) is 4.46. The Morgan fingerprint density at radius 1 is 0.923 bits per heavy atom. The molecule has 0 radical (unpaired) electrons. The average molecular weight is 347 g/mol. The van der Waals surface area contributed by atoms with Gasteiger partial charge < -0.3 is 10.4 Å². The summed E-state index contributed by atoms with van der Waals surface area (Å²) in [4.78, 5) is 18.8. The standard InChI is InChI=1S/C21H21N3O2/c25-16-18(15-17-9-7-8-14-22-17)23-21(26)24(19-10-3-1-4-11-19)20-12-5-2-6-13-20/h1-14,18,25H,15-16H2,(H,23,26). The molecule has 0 bridgehead atoms. The maximum absolute atomic E-state index is 13.0. The van der Waals surface area contributed by atoms with Crippen LogP contribution in [0.15, 0.2) is 85.1 Å². The molecular weight excluding hydrogens is 326 g/mol. The first-order valence-electron chi connectivity index (χ1n) is 8.49. The lowest BCUT2D eigenvalue weighted by atomic mass is 10.1. The van der Waals surface area contributed by atoms with Crippen LogP contribution in [0, 0.1) is 0 Å². The van der Waals surface area contributed by atoms with Crippen LogP contribution in [0.2, 0.25) is 0 Å². The van der Waals surface area contributed by atoms with Crippen LogP contribution in [0.1, 0.15) is 5.69 Å². The highest BCUT2D eigenvalue weighted by molar-refractivity contribution is 5.99. The highest BCUT2D eigenvalue weighted by atomic mass is 16.3. The molecule has 3 rings (SSSR count). The Labute approximate surface area is 152 Å². The van der Waals surface area contributed by atoms with Crippen LogP contribution < -0.4 is 10.2 Å². The van der Waals surface area contributed by atoms with Crippen molar-refractivity contribution in [1.82, 2.24) is 10.3 Å². The minimum Gasteiger partial charge on any atom is -0.394 e. The highest BCUT2D eigenvalue weighted by Crippen LogP contribution is 2.25. The van der Waals surface area contributed by atoms with Gasteiger partial charge in [0.2, 0.25) is 0 Å². The van der Waals surface area contributed by atoms with Crippen LogP contribution in [-0.2, 0) is 6.42 Å². The molecule has 3 aromatic rings. The molecule has 5 heteroatoms. The summed E-state index contributed by atoms with van der Waals surface area (Å²) in [6.07, 6.45) is 2.16. The summed E-state index contributed by atoms with van der Waals surface area (Å²) in [5, 5.41) is 12.6. The molecule has 0 aliphatic carbocycles. The zero-order valence-corrected chi connectivity index (χ0v) is 14.3. The number of rotatable bonds is 6. The number of nitrogens with one attached hydrogen (secondary N) is 1. The molecule has 0 aliphatic rings. The molecule has 1 atom stereocenters. The number of benzene rings is 2. The van der Waals surface area contributed by atoms with Crippen LogP contribution in [0.3, 0.4) is 0 Å². The summed E-state index contributed by atoms with van der Waals surface area (Å²) in [5.74, 6) is 0. The van der Waals surface area contributed by atoms with Gasteiger partial charge in [0.25, 0.3) is 0 Å². The van der Waals surface area contributed by atoms with Crippen LogP contribution in [0.25, 0.3) is 0 Å². The molecule has 0 spiro atoms. The van der Waals surface area contributed by atoms with E-state index in [0.29, 0.717) is 6.42 Å². The summed E-state index contributed by atoms with van der Waals surface area (Å²) in [6, 6.07) is 23.7. The molecule has 0 fully saturated rings. The largest absolute Gasteiger partial charge is 0.394 e. The predicted molar refractivity (Wildman–Crippen MR) is 102 cm³/mol. The van der Waals surface area contributed by atoms with Gasteiger partial charge in [-0.05, 0) is 36.4 Å². The van der Waals surface area contributed by atoms with Crippen molar-refractivity contribution in [2.75, 3.05) is 11.5 Å². The molecule has 1 unspecified atom stereocenters. The summed E-state index contributed by atoms with van der Waals surface area (Å²) in [6.45, 7) is -0.167. The number of urea groups is 1. The number of aromatic nitrogens is 1. The fourth-order valence-corrected chi connectivity index (χ4v) is 2.71. The molecule has 0 aliphatic heterocycles. The lowest BCUT2D eigenvalue weighted by Gasteiger charge is -2.26. The van der Waals surface area contributed by atoms with Crippen LogP contribution >= 0.6 is 0 Å². The van der Waals surface area contributed by atoms with Crippen LogP contribution in [0.4, 0.5) is 16.2 Å². The van der Waals surface area contributed by atoms with E-state index in [-0.39, 0.29) is 12.6 Å². The molecule has 0 saturated carbocycles. The highest BCUT2D eigenvalue weighted by Gasteiger charge is 2.21. The zero-order chi connectivity index (χ0) is 18.2. The number of anilines is 2. The van der Waals surface area contributed by atoms with E-state index in [9.17, 15) is 9.90 Å². The minimum absolute atomic E-state index is 0.167. The molecule has 132 valence electrons. The molecule has 0 saturated heterocycles. The quantitative estimate of drug-likeness (QED) is 0.717. The number of aliphatic hydroxyl groups excluding tert-OH is 1. The number of pyridine rings is 1. The summed E-state index contributed by atoms with van der Waals surface area (Å²) < 4.78 is 0. The monoisotopic (exact) mass is 347 g/mol. The SMILES string of the molecule is O=C(NC(CO)Cc1ccccn1)N(c1ccccc1)c1ccccc1. The topological polar surface area (TPSA) is 65.5 Å². The van der Waals surface area contributed by atoms with E-state index in [0.717, 1.165) is 17.1 Å². The minimum atomic E-state index is -0.424. The molecule has 26 heavy (non-hydrogen) atoms. The van der Waals surface area contributed by atoms with Crippen molar-refractivity contribution < 1.29 is 9.90 Å². The molecule has 1 heterocycles. The maximum Gasteiger partial charge on any atom is 0.326 e. The number of para-hydroxylation sites is 2. The van der Waals surface area contributed by atoms with Crippen molar-refractivity contribution in [3.05, 3.63) is 90.8 Å². The zero-order valence-electron chi connectivity index (χ0n) is 14.3. The normalized spacial score (nSPS) is 11.6. The molecule has 2 aromatic carbocycles. The van der Waals surface area contributed by atoms with E-state index in [1.54, 1.807) is 11.1 Å². The average Bonchev–Trinajstić information content (AvgIpc) is 2.70. The molecule has 2 N–H and O–H groups in total. The van der Waals surface area contributed by atoms with E-state index in [1.807, 2.05) is 78.9 Å². The van der Waals surface area contributed by atoms with Gasteiger partial charge >= 0.3 is 6.03 Å². The van der Waals surface area contributed by atoms with Gasteiger partial charge in [0.15, 0.2) is 0 Å². The smallest absolute Gasteiger partial charge is 0.326 e. The van der Waals surface area contributed by atoms with Crippen molar-refractivity contribution in [2.24, 2.45) is 0 Å². The summed E-state index contributed by atoms with van der Waals surface area (Å²) >= 11 is 0. The van der Waals surface area contributed by atoms with Crippen molar-refractivity contribution in [1.29, 1.82) is 0 Å². The first-order chi connectivity index (χ1) is 12.8. The van der Waals surface area contributed by atoms with E-state index in [1.165, 1.54) is 0 Å². The van der Waals surface area contributed by atoms with Gasteiger partial charge in [0.05, 0.1) is 24.0 Å². The van der Waals surface area contributed by atoms with Gasteiger partial charge in [-0.25, -0.2) is 4.79 Å². The summed E-state index contributed by atoms with van der Waals surface area (Å²) in [5.41, 5.74) is 2.33. The second-order valence-electron chi connectivity index (χ2n) is 5.86. The molecule has 2 amide bonds. The fraction of sp³-hybridized carbons (Fsp3) is 0.143. The lowest BCUT2D eigenvalue weighted by molar-refractivity contribution is 0.221. The lowest BCUT2D eigenvalue weighted by Crippen LogP contribution is -2.45. The Kier molecular flexibility index (Phi) is 5.96. The van der Waals surface area contributed by atoms with Crippen molar-refractivity contribution >= 4 is 17.4 Å². The van der Waals surface area contributed by atoms with Gasteiger partial charge in [-0.3, -0.25) is 9.88 Å². The van der Waals surface area contributed by atoms with Gasteiger partial charge in [0.1, 0.15) is 0 Å². The Morgan fingerprint density at radius 2 is 1.50 bits per heavy atom. The maximum atomic E-state index is 13.0. The third-order valence-electron chi connectivity index (χ3n) is 3.96. The predicted octanol–water partition coefficient (Wildman–Crippen LogP) is 3.53. The first-order valence-corrected chi connectivity index (χ1v) is 8.49. The molecule has 5 nitrogen and oxygen atoms in total. The number of amides is 2. The van der Waals surface area contributed by atoms with Crippen LogP contribution in [-0.4, -0.2) is 28.8 Å².